The number of thiazole rings is 1. The Balaban J connectivity index is 1.34. The fourth-order valence-corrected chi connectivity index (χ4v) is 4.16. The lowest BCUT2D eigenvalue weighted by atomic mass is 10.1. The molecule has 0 aliphatic carbocycles. The van der Waals surface area contributed by atoms with E-state index in [1.54, 1.807) is 16.2 Å². The largest absolute Gasteiger partial charge is 0.339 e. The van der Waals surface area contributed by atoms with Gasteiger partial charge in [-0.2, -0.15) is 4.98 Å². The molecular weight excluding hydrogens is 384 g/mol. The van der Waals surface area contributed by atoms with E-state index in [-0.39, 0.29) is 11.8 Å². The summed E-state index contributed by atoms with van der Waals surface area (Å²) in [6.07, 6.45) is 0.374. The number of para-hydroxylation sites is 1. The minimum absolute atomic E-state index is 0.0730. The van der Waals surface area contributed by atoms with E-state index in [0.717, 1.165) is 27.5 Å². The monoisotopic (exact) mass is 402 g/mol. The Labute approximate surface area is 171 Å². The van der Waals surface area contributed by atoms with Gasteiger partial charge >= 0.3 is 0 Å². The second kappa shape index (κ2) is 7.25. The third-order valence-corrected chi connectivity index (χ3v) is 5.82. The Hall–Kier alpha value is -3.32. The van der Waals surface area contributed by atoms with Gasteiger partial charge in [0.05, 0.1) is 16.6 Å². The van der Waals surface area contributed by atoms with Crippen LogP contribution in [0.15, 0.2) is 64.5 Å². The number of carbonyl (C=O) groups is 1. The highest BCUT2D eigenvalue weighted by atomic mass is 32.1. The summed E-state index contributed by atoms with van der Waals surface area (Å²) in [6.45, 7) is 2.54. The average molecular weight is 402 g/mol. The Bertz CT molecular complexity index is 1150. The molecule has 2 aromatic heterocycles. The molecule has 0 radical (unpaired) electrons. The fraction of sp³-hybridized carbons (Fsp3) is 0.182. The lowest BCUT2D eigenvalue weighted by Gasteiger charge is -2.15. The number of hydrogen-bond donors (Lipinski definition) is 0. The lowest BCUT2D eigenvalue weighted by molar-refractivity contribution is -0.117. The Morgan fingerprint density at radius 1 is 1.03 bits per heavy atom. The molecule has 1 fully saturated rings. The van der Waals surface area contributed by atoms with E-state index in [0.29, 0.717) is 24.7 Å². The highest BCUT2D eigenvalue weighted by Gasteiger charge is 2.35. The van der Waals surface area contributed by atoms with Gasteiger partial charge < -0.3 is 9.42 Å². The van der Waals surface area contributed by atoms with Gasteiger partial charge in [0, 0.05) is 35.2 Å². The third-order valence-electron chi connectivity index (χ3n) is 5.04. The van der Waals surface area contributed by atoms with Crippen molar-refractivity contribution < 1.29 is 9.32 Å². The molecule has 0 spiro atoms. The van der Waals surface area contributed by atoms with Crippen LogP contribution in [0.25, 0.3) is 22.6 Å². The summed E-state index contributed by atoms with van der Waals surface area (Å²) >= 11 is 1.63. The minimum atomic E-state index is -0.0961. The van der Waals surface area contributed by atoms with Crippen LogP contribution in [0.3, 0.4) is 0 Å². The Morgan fingerprint density at radius 3 is 2.52 bits per heavy atom. The van der Waals surface area contributed by atoms with Crippen LogP contribution in [0.1, 0.15) is 23.2 Å². The van der Waals surface area contributed by atoms with Crippen LogP contribution in [-0.2, 0) is 4.79 Å². The first-order chi connectivity index (χ1) is 14.2. The molecular formula is C22H18N4O2S. The molecule has 4 aromatic rings. The standard InChI is InChI=1S/C22H18N4O2S/c1-14-23-19(13-29-14)15-7-9-16(10-8-15)21-24-22(28-25-21)17-11-20(27)26(12-17)18-5-3-2-4-6-18/h2-10,13,17H,11-12H2,1H3. The number of anilines is 1. The predicted molar refractivity (Wildman–Crippen MR) is 112 cm³/mol. The number of aromatic nitrogens is 3. The zero-order chi connectivity index (χ0) is 19.8. The van der Waals surface area contributed by atoms with Crippen molar-refractivity contribution in [3.05, 3.63) is 70.9 Å². The molecule has 1 atom stereocenters. The van der Waals surface area contributed by atoms with Crippen LogP contribution in [0.4, 0.5) is 5.69 Å². The van der Waals surface area contributed by atoms with Crippen molar-refractivity contribution in [2.75, 3.05) is 11.4 Å². The quantitative estimate of drug-likeness (QED) is 0.495. The smallest absolute Gasteiger partial charge is 0.232 e. The zero-order valence-corrected chi connectivity index (χ0v) is 16.6. The van der Waals surface area contributed by atoms with Gasteiger partial charge in [-0.25, -0.2) is 4.98 Å². The van der Waals surface area contributed by atoms with E-state index >= 15 is 0 Å². The molecule has 2 aromatic carbocycles. The molecule has 144 valence electrons. The van der Waals surface area contributed by atoms with Crippen molar-refractivity contribution in [1.29, 1.82) is 0 Å². The molecule has 0 bridgehead atoms. The number of rotatable bonds is 4. The van der Waals surface area contributed by atoms with Gasteiger partial charge in [-0.15, -0.1) is 11.3 Å². The molecule has 29 heavy (non-hydrogen) atoms. The van der Waals surface area contributed by atoms with Gasteiger partial charge in [0.25, 0.3) is 0 Å². The second-order valence-corrected chi connectivity index (χ2v) is 8.09. The van der Waals surface area contributed by atoms with Crippen LogP contribution < -0.4 is 4.90 Å². The van der Waals surface area contributed by atoms with Crippen molar-refractivity contribution in [2.45, 2.75) is 19.3 Å². The maximum atomic E-state index is 12.4. The van der Waals surface area contributed by atoms with Crippen LogP contribution >= 0.6 is 11.3 Å². The zero-order valence-electron chi connectivity index (χ0n) is 15.8. The molecule has 6 nitrogen and oxygen atoms in total. The summed E-state index contributed by atoms with van der Waals surface area (Å²) < 4.78 is 5.50. The van der Waals surface area contributed by atoms with E-state index in [2.05, 4.69) is 15.1 Å². The van der Waals surface area contributed by atoms with E-state index in [1.807, 2.05) is 66.9 Å². The van der Waals surface area contributed by atoms with Crippen LogP contribution in [-0.4, -0.2) is 27.6 Å². The second-order valence-electron chi connectivity index (χ2n) is 7.03. The van der Waals surface area contributed by atoms with Crippen molar-refractivity contribution in [1.82, 2.24) is 15.1 Å². The lowest BCUT2D eigenvalue weighted by Crippen LogP contribution is -2.24. The first-order valence-corrected chi connectivity index (χ1v) is 10.3. The summed E-state index contributed by atoms with van der Waals surface area (Å²) in [7, 11) is 0. The SMILES string of the molecule is Cc1nc(-c2ccc(-c3noc(C4CC(=O)N(c5ccccc5)C4)n3)cc2)cs1. The summed E-state index contributed by atoms with van der Waals surface area (Å²) in [6, 6.07) is 17.6. The number of carbonyl (C=O) groups excluding carboxylic acids is 1. The summed E-state index contributed by atoms with van der Waals surface area (Å²) in [5.74, 6) is 1.02. The molecule has 1 saturated heterocycles. The predicted octanol–water partition coefficient (Wildman–Crippen LogP) is 4.69. The topological polar surface area (TPSA) is 72.1 Å². The van der Waals surface area contributed by atoms with E-state index in [9.17, 15) is 4.79 Å². The molecule has 7 heteroatoms. The molecule has 3 heterocycles. The van der Waals surface area contributed by atoms with Crippen LogP contribution in [0.5, 0.6) is 0 Å². The van der Waals surface area contributed by atoms with Crippen molar-refractivity contribution in [3.63, 3.8) is 0 Å². The summed E-state index contributed by atoms with van der Waals surface area (Å²) in [5.41, 5.74) is 3.80. The molecule has 1 aliphatic rings. The minimum Gasteiger partial charge on any atom is -0.339 e. The first kappa shape index (κ1) is 17.8. The fourth-order valence-electron chi connectivity index (χ4n) is 3.53. The summed E-state index contributed by atoms with van der Waals surface area (Å²) in [5, 5.41) is 7.22. The van der Waals surface area contributed by atoms with Gasteiger partial charge in [-0.1, -0.05) is 47.6 Å². The Kier molecular flexibility index (Phi) is 4.44. The molecule has 0 saturated carbocycles. The van der Waals surface area contributed by atoms with Crippen molar-refractivity contribution in [3.8, 4) is 22.6 Å². The third kappa shape index (κ3) is 3.45. The van der Waals surface area contributed by atoms with E-state index < -0.39 is 0 Å². The van der Waals surface area contributed by atoms with Crippen molar-refractivity contribution in [2.24, 2.45) is 0 Å². The van der Waals surface area contributed by atoms with E-state index in [1.165, 1.54) is 0 Å². The highest BCUT2D eigenvalue weighted by molar-refractivity contribution is 7.09. The number of amides is 1. The summed E-state index contributed by atoms with van der Waals surface area (Å²) in [4.78, 5) is 23.3. The number of nitrogens with zero attached hydrogens (tertiary/aromatic N) is 4. The molecule has 1 amide bonds. The Morgan fingerprint density at radius 2 is 1.79 bits per heavy atom. The van der Waals surface area contributed by atoms with Gasteiger partial charge in [-0.3, -0.25) is 4.79 Å². The van der Waals surface area contributed by atoms with Gasteiger partial charge in [0.2, 0.25) is 17.6 Å². The molecule has 1 unspecified atom stereocenters. The van der Waals surface area contributed by atoms with Gasteiger partial charge in [0.1, 0.15) is 0 Å². The van der Waals surface area contributed by atoms with Gasteiger partial charge in [-0.05, 0) is 19.1 Å². The number of hydrogen-bond acceptors (Lipinski definition) is 6. The first-order valence-electron chi connectivity index (χ1n) is 9.39. The highest BCUT2D eigenvalue weighted by Crippen LogP contribution is 2.32. The van der Waals surface area contributed by atoms with Crippen molar-refractivity contribution >= 4 is 22.9 Å². The average Bonchev–Trinajstić information content (AvgIpc) is 3.48. The number of benzene rings is 2. The van der Waals surface area contributed by atoms with Crippen LogP contribution in [0.2, 0.25) is 0 Å². The molecule has 1 aliphatic heterocycles. The number of aryl methyl sites for hydroxylation is 1. The maximum Gasteiger partial charge on any atom is 0.232 e. The molecule has 0 N–H and O–H groups in total. The van der Waals surface area contributed by atoms with E-state index in [4.69, 9.17) is 4.52 Å². The normalized spacial score (nSPS) is 16.5. The van der Waals surface area contributed by atoms with Gasteiger partial charge in [0.15, 0.2) is 0 Å². The van der Waals surface area contributed by atoms with Crippen LogP contribution in [0, 0.1) is 6.92 Å². The molecule has 5 rings (SSSR count). The maximum absolute atomic E-state index is 12.4.